The number of halogens is 1. The van der Waals surface area contributed by atoms with Gasteiger partial charge in [-0.2, -0.15) is 5.10 Å². The number of amides is 1. The Kier molecular flexibility index (Phi) is 5.07. The summed E-state index contributed by atoms with van der Waals surface area (Å²) >= 11 is 0. The molecular formula is C19H20FN3O4. The summed E-state index contributed by atoms with van der Waals surface area (Å²) in [5.41, 5.74) is -0.397. The van der Waals surface area contributed by atoms with Gasteiger partial charge in [-0.3, -0.25) is 14.4 Å². The summed E-state index contributed by atoms with van der Waals surface area (Å²) in [7, 11) is 0. The molecular weight excluding hydrogens is 353 g/mol. The highest BCUT2D eigenvalue weighted by molar-refractivity contribution is 5.92. The fraction of sp³-hybridized carbons (Fsp3) is 0.368. The molecule has 1 heterocycles. The maximum absolute atomic E-state index is 14.1. The summed E-state index contributed by atoms with van der Waals surface area (Å²) in [4.78, 5) is 37.9. The number of aryl methyl sites for hydroxylation is 1. The zero-order valence-electron chi connectivity index (χ0n) is 15.1. The molecule has 27 heavy (non-hydrogen) atoms. The molecule has 1 fully saturated rings. The van der Waals surface area contributed by atoms with E-state index in [1.54, 1.807) is 13.0 Å². The van der Waals surface area contributed by atoms with Gasteiger partial charge in [0.15, 0.2) is 5.69 Å². The average molecular weight is 373 g/mol. The summed E-state index contributed by atoms with van der Waals surface area (Å²) in [6.45, 7) is 3.10. The molecule has 1 amide bonds. The van der Waals surface area contributed by atoms with Gasteiger partial charge in [-0.1, -0.05) is 19.1 Å². The van der Waals surface area contributed by atoms with Crippen molar-refractivity contribution in [3.05, 3.63) is 57.8 Å². The van der Waals surface area contributed by atoms with Crippen LogP contribution in [0.5, 0.6) is 0 Å². The predicted octanol–water partition coefficient (Wildman–Crippen LogP) is 2.01. The van der Waals surface area contributed by atoms with Gasteiger partial charge in [-0.15, -0.1) is 0 Å². The van der Waals surface area contributed by atoms with Crippen molar-refractivity contribution in [3.8, 4) is 5.69 Å². The SMILES string of the molecule is Cc1cc(=O)c(C(=O)N(CC(C)C(=O)O)C2CC2)nn1-c1ccccc1F. The van der Waals surface area contributed by atoms with Gasteiger partial charge in [-0.05, 0) is 31.9 Å². The number of hydrogen-bond acceptors (Lipinski definition) is 4. The van der Waals surface area contributed by atoms with Gasteiger partial charge in [0.1, 0.15) is 11.5 Å². The summed E-state index contributed by atoms with van der Waals surface area (Å²) in [5.74, 6) is -2.95. The molecule has 142 valence electrons. The zero-order chi connectivity index (χ0) is 19.7. The molecule has 1 unspecified atom stereocenters. The molecule has 1 aromatic heterocycles. The van der Waals surface area contributed by atoms with Crippen molar-refractivity contribution in [3.63, 3.8) is 0 Å². The molecule has 0 saturated heterocycles. The number of carboxylic acid groups (broad SMARTS) is 1. The molecule has 1 aliphatic rings. The van der Waals surface area contributed by atoms with Crippen molar-refractivity contribution < 1.29 is 19.1 Å². The third kappa shape index (κ3) is 3.89. The van der Waals surface area contributed by atoms with Crippen molar-refractivity contribution in [2.24, 2.45) is 5.92 Å². The molecule has 0 bridgehead atoms. The summed E-state index contributed by atoms with van der Waals surface area (Å²) in [5, 5.41) is 13.3. The molecule has 0 spiro atoms. The number of carboxylic acids is 1. The van der Waals surface area contributed by atoms with Crippen LogP contribution in [-0.4, -0.2) is 44.3 Å². The van der Waals surface area contributed by atoms with E-state index in [0.717, 1.165) is 12.8 Å². The topological polar surface area (TPSA) is 92.5 Å². The van der Waals surface area contributed by atoms with Crippen molar-refractivity contribution in [1.29, 1.82) is 0 Å². The van der Waals surface area contributed by atoms with Crippen LogP contribution in [0.4, 0.5) is 4.39 Å². The van der Waals surface area contributed by atoms with Crippen LogP contribution in [0.2, 0.25) is 0 Å². The normalized spacial score (nSPS) is 14.6. The Morgan fingerprint density at radius 3 is 2.63 bits per heavy atom. The quantitative estimate of drug-likeness (QED) is 0.836. The van der Waals surface area contributed by atoms with Crippen molar-refractivity contribution in [2.45, 2.75) is 32.7 Å². The van der Waals surface area contributed by atoms with Gasteiger partial charge in [0, 0.05) is 24.3 Å². The maximum Gasteiger partial charge on any atom is 0.308 e. The molecule has 1 aromatic carbocycles. The van der Waals surface area contributed by atoms with Crippen LogP contribution in [0, 0.1) is 18.7 Å². The Labute approximate surface area is 155 Å². The van der Waals surface area contributed by atoms with Crippen LogP contribution in [-0.2, 0) is 4.79 Å². The van der Waals surface area contributed by atoms with Gasteiger partial charge in [0.25, 0.3) is 5.91 Å². The third-order valence-electron chi connectivity index (χ3n) is 4.53. The lowest BCUT2D eigenvalue weighted by Crippen LogP contribution is -2.41. The van der Waals surface area contributed by atoms with E-state index in [2.05, 4.69) is 5.10 Å². The second-order valence-corrected chi connectivity index (χ2v) is 6.79. The second-order valence-electron chi connectivity index (χ2n) is 6.79. The monoisotopic (exact) mass is 373 g/mol. The van der Waals surface area contributed by atoms with Crippen molar-refractivity contribution in [1.82, 2.24) is 14.7 Å². The van der Waals surface area contributed by atoms with Gasteiger partial charge in [0.2, 0.25) is 5.43 Å². The van der Waals surface area contributed by atoms with Gasteiger partial charge >= 0.3 is 5.97 Å². The largest absolute Gasteiger partial charge is 0.481 e. The molecule has 3 rings (SSSR count). The average Bonchev–Trinajstić information content (AvgIpc) is 3.45. The Morgan fingerprint density at radius 1 is 1.37 bits per heavy atom. The van der Waals surface area contributed by atoms with Crippen LogP contribution >= 0.6 is 0 Å². The van der Waals surface area contributed by atoms with E-state index in [9.17, 15) is 18.8 Å². The van der Waals surface area contributed by atoms with E-state index in [1.165, 1.54) is 40.8 Å². The lowest BCUT2D eigenvalue weighted by Gasteiger charge is -2.24. The first kappa shape index (κ1) is 18.8. The van der Waals surface area contributed by atoms with Crippen LogP contribution in [0.25, 0.3) is 5.69 Å². The smallest absolute Gasteiger partial charge is 0.308 e. The summed E-state index contributed by atoms with van der Waals surface area (Å²) in [6, 6.07) is 7.07. The van der Waals surface area contributed by atoms with E-state index in [0.29, 0.717) is 5.69 Å². The number of aromatic nitrogens is 2. The molecule has 1 aliphatic carbocycles. The van der Waals surface area contributed by atoms with Crippen LogP contribution < -0.4 is 5.43 Å². The van der Waals surface area contributed by atoms with Gasteiger partial charge < -0.3 is 10.0 Å². The minimum Gasteiger partial charge on any atom is -0.481 e. The fourth-order valence-corrected chi connectivity index (χ4v) is 2.86. The second kappa shape index (κ2) is 7.30. The number of para-hydroxylation sites is 1. The summed E-state index contributed by atoms with van der Waals surface area (Å²) < 4.78 is 15.4. The molecule has 1 atom stereocenters. The van der Waals surface area contributed by atoms with Crippen LogP contribution in [0.15, 0.2) is 35.1 Å². The molecule has 0 aliphatic heterocycles. The lowest BCUT2D eigenvalue weighted by molar-refractivity contribution is -0.141. The predicted molar refractivity (Wildman–Crippen MR) is 95.4 cm³/mol. The number of nitrogens with zero attached hydrogens (tertiary/aromatic N) is 3. The van der Waals surface area contributed by atoms with Crippen LogP contribution in [0.3, 0.4) is 0 Å². The Hall–Kier alpha value is -3.03. The minimum atomic E-state index is -1.02. The van der Waals surface area contributed by atoms with E-state index in [-0.39, 0.29) is 24.0 Å². The first-order valence-electron chi connectivity index (χ1n) is 8.69. The number of rotatable bonds is 6. The van der Waals surface area contributed by atoms with Crippen molar-refractivity contribution in [2.75, 3.05) is 6.54 Å². The number of benzene rings is 1. The molecule has 1 saturated carbocycles. The highest BCUT2D eigenvalue weighted by atomic mass is 19.1. The zero-order valence-corrected chi connectivity index (χ0v) is 15.1. The highest BCUT2D eigenvalue weighted by Crippen LogP contribution is 2.28. The molecule has 8 heteroatoms. The standard InChI is InChI=1S/C19H20FN3O4/c1-11(19(26)27)10-22(13-7-8-13)18(25)17-16(24)9-12(2)23(21-17)15-6-4-3-5-14(15)20/h3-6,9,11,13H,7-8,10H2,1-2H3,(H,26,27). The maximum atomic E-state index is 14.1. The Bertz CT molecular complexity index is 952. The molecule has 7 nitrogen and oxygen atoms in total. The van der Waals surface area contributed by atoms with Gasteiger partial charge in [-0.25, -0.2) is 9.07 Å². The molecule has 0 radical (unpaired) electrons. The van der Waals surface area contributed by atoms with Crippen LogP contribution in [0.1, 0.15) is 35.9 Å². The minimum absolute atomic E-state index is 0.00642. The van der Waals surface area contributed by atoms with E-state index < -0.39 is 29.0 Å². The molecule has 1 N–H and O–H groups in total. The Morgan fingerprint density at radius 2 is 2.04 bits per heavy atom. The Balaban J connectivity index is 2.01. The number of hydrogen-bond donors (Lipinski definition) is 1. The number of carbonyl (C=O) groups excluding carboxylic acids is 1. The first-order valence-corrected chi connectivity index (χ1v) is 8.69. The third-order valence-corrected chi connectivity index (χ3v) is 4.53. The van der Waals surface area contributed by atoms with E-state index >= 15 is 0 Å². The van der Waals surface area contributed by atoms with Crippen molar-refractivity contribution >= 4 is 11.9 Å². The van der Waals surface area contributed by atoms with E-state index in [1.807, 2.05) is 0 Å². The fourth-order valence-electron chi connectivity index (χ4n) is 2.86. The number of carbonyl (C=O) groups is 2. The van der Waals surface area contributed by atoms with E-state index in [4.69, 9.17) is 5.11 Å². The molecule has 2 aromatic rings. The highest BCUT2D eigenvalue weighted by Gasteiger charge is 2.36. The number of aliphatic carboxylic acids is 1. The first-order chi connectivity index (χ1) is 12.8. The lowest BCUT2D eigenvalue weighted by atomic mass is 10.1. The summed E-state index contributed by atoms with van der Waals surface area (Å²) in [6.07, 6.45) is 1.51. The van der Waals surface area contributed by atoms with Gasteiger partial charge in [0.05, 0.1) is 5.92 Å².